The van der Waals surface area contributed by atoms with Gasteiger partial charge in [0.05, 0.1) is 65.9 Å². The molecular formula is C42H60N5S2+3. The standard InChI is InChI=1S/C42H60N5S2/c1-9-10-38(15-16-39-13-11-37(2)12-14-39)23-26-43-27-31-46(5,6)33-35-48-49-36-34-47(7,8)32-30-45-28-24-41(25-29-45)18-17-40-19-21-42(22-20-40)44(3)4/h9-26,28-29,43H,1,27,30-36H2,2-8H3/q+3. The molecule has 1 N–H and O–H groups in total. The van der Waals surface area contributed by atoms with E-state index in [1.807, 2.05) is 33.7 Å². The second kappa shape index (κ2) is 20.9. The lowest BCUT2D eigenvalue weighted by Crippen LogP contribution is -2.48. The third-order valence-corrected chi connectivity index (χ3v) is 10.9. The van der Waals surface area contributed by atoms with Gasteiger partial charge in [0.1, 0.15) is 6.54 Å². The predicted octanol–water partition coefficient (Wildman–Crippen LogP) is 7.98. The van der Waals surface area contributed by atoms with Gasteiger partial charge >= 0.3 is 0 Å². The maximum absolute atomic E-state index is 3.87. The zero-order valence-electron chi connectivity index (χ0n) is 31.0. The topological polar surface area (TPSA) is 19.1 Å². The Morgan fingerprint density at radius 3 is 1.88 bits per heavy atom. The molecule has 0 spiro atoms. The van der Waals surface area contributed by atoms with Crippen molar-refractivity contribution in [1.82, 2.24) is 5.32 Å². The third-order valence-electron chi connectivity index (χ3n) is 8.51. The summed E-state index contributed by atoms with van der Waals surface area (Å²) in [5.74, 6) is 2.33. The minimum Gasteiger partial charge on any atom is -0.385 e. The molecule has 0 amide bonds. The van der Waals surface area contributed by atoms with E-state index in [0.717, 1.165) is 53.0 Å². The number of hydrogen-bond donors (Lipinski definition) is 1. The number of nitrogens with one attached hydrogen (secondary N) is 1. The molecule has 2 aromatic carbocycles. The molecule has 0 aliphatic carbocycles. The van der Waals surface area contributed by atoms with Crippen LogP contribution >= 0.6 is 21.6 Å². The molecule has 0 saturated carbocycles. The van der Waals surface area contributed by atoms with Crippen molar-refractivity contribution in [3.8, 4) is 0 Å². The Balaban J connectivity index is 1.27. The molecular weight excluding hydrogens is 639 g/mol. The number of allylic oxidation sites excluding steroid dienone is 5. The molecule has 0 atom stereocenters. The lowest BCUT2D eigenvalue weighted by atomic mass is 10.1. The van der Waals surface area contributed by atoms with E-state index in [4.69, 9.17) is 0 Å². The van der Waals surface area contributed by atoms with Gasteiger partial charge in [-0.05, 0) is 53.6 Å². The zero-order chi connectivity index (χ0) is 35.5. The number of pyridine rings is 1. The Hall–Kier alpha value is -3.49. The van der Waals surface area contributed by atoms with Gasteiger partial charge in [0.25, 0.3) is 0 Å². The first-order valence-corrected chi connectivity index (χ1v) is 19.7. The van der Waals surface area contributed by atoms with Crippen LogP contribution in [0.3, 0.4) is 0 Å². The van der Waals surface area contributed by atoms with Gasteiger partial charge in [-0.1, -0.05) is 107 Å². The summed E-state index contributed by atoms with van der Waals surface area (Å²) < 4.78 is 4.34. The summed E-state index contributed by atoms with van der Waals surface area (Å²) in [6, 6.07) is 21.6. The SMILES string of the molecule is C=CC=C(C=CNCC[N+](C)(C)CCSSCC[N+](C)(C)CC[n+]1ccc(C=Cc2ccc(N(C)C)cc2)cc1)C=Cc1ccc(C)cc1. The number of aromatic nitrogens is 1. The van der Waals surface area contributed by atoms with Crippen molar-refractivity contribution >= 4 is 45.5 Å². The third kappa shape index (κ3) is 16.6. The van der Waals surface area contributed by atoms with Crippen LogP contribution in [0.1, 0.15) is 22.3 Å². The molecule has 0 aliphatic heterocycles. The molecule has 0 bridgehead atoms. The smallest absolute Gasteiger partial charge is 0.196 e. The molecule has 262 valence electrons. The number of benzene rings is 2. The summed E-state index contributed by atoms with van der Waals surface area (Å²) in [4.78, 5) is 2.12. The fourth-order valence-electron chi connectivity index (χ4n) is 4.88. The molecule has 0 saturated heterocycles. The van der Waals surface area contributed by atoms with Crippen molar-refractivity contribution in [1.29, 1.82) is 0 Å². The monoisotopic (exact) mass is 698 g/mol. The number of hydrogen-bond acceptors (Lipinski definition) is 4. The molecule has 3 aromatic rings. The fourth-order valence-corrected chi connectivity index (χ4v) is 7.41. The van der Waals surface area contributed by atoms with E-state index in [2.05, 4.69) is 180 Å². The summed E-state index contributed by atoms with van der Waals surface area (Å²) >= 11 is 0. The average Bonchev–Trinajstić information content (AvgIpc) is 3.08. The van der Waals surface area contributed by atoms with Crippen LogP contribution < -0.4 is 14.8 Å². The van der Waals surface area contributed by atoms with Gasteiger partial charge < -0.3 is 19.2 Å². The van der Waals surface area contributed by atoms with E-state index in [0.29, 0.717) is 0 Å². The number of nitrogens with zero attached hydrogens (tertiary/aromatic N) is 4. The number of likely N-dealkylation sites (N-methyl/N-ethyl adjacent to an activating group) is 2. The Labute approximate surface area is 306 Å². The number of aryl methyl sites for hydroxylation is 1. The summed E-state index contributed by atoms with van der Waals surface area (Å²) in [7, 11) is 17.5. The highest BCUT2D eigenvalue weighted by Gasteiger charge is 2.18. The van der Waals surface area contributed by atoms with Crippen LogP contribution in [0.4, 0.5) is 5.69 Å². The first kappa shape index (κ1) is 39.9. The van der Waals surface area contributed by atoms with Gasteiger partial charge in [0.15, 0.2) is 18.9 Å². The second-order valence-electron chi connectivity index (χ2n) is 14.0. The molecule has 0 radical (unpaired) electrons. The lowest BCUT2D eigenvalue weighted by molar-refractivity contribution is -0.907. The fraction of sp³-hybridized carbons (Fsp3) is 0.357. The maximum atomic E-state index is 3.87. The van der Waals surface area contributed by atoms with Crippen LogP contribution in [-0.4, -0.2) is 95.5 Å². The van der Waals surface area contributed by atoms with Crippen LogP contribution in [0, 0.1) is 6.92 Å². The normalized spacial score (nSPS) is 12.8. The Morgan fingerprint density at radius 1 is 0.735 bits per heavy atom. The lowest BCUT2D eigenvalue weighted by Gasteiger charge is -2.30. The van der Waals surface area contributed by atoms with E-state index in [9.17, 15) is 0 Å². The summed E-state index contributed by atoms with van der Waals surface area (Å²) in [6.45, 7) is 12.5. The van der Waals surface area contributed by atoms with Crippen molar-refractivity contribution in [3.05, 3.63) is 138 Å². The highest BCUT2D eigenvalue weighted by Crippen LogP contribution is 2.22. The van der Waals surface area contributed by atoms with Gasteiger partial charge in [-0.3, -0.25) is 0 Å². The second-order valence-corrected chi connectivity index (χ2v) is 16.7. The van der Waals surface area contributed by atoms with Crippen molar-refractivity contribution in [2.45, 2.75) is 13.5 Å². The van der Waals surface area contributed by atoms with E-state index in [1.165, 1.54) is 40.2 Å². The highest BCUT2D eigenvalue weighted by molar-refractivity contribution is 8.76. The maximum Gasteiger partial charge on any atom is 0.196 e. The van der Waals surface area contributed by atoms with Crippen LogP contribution in [0.25, 0.3) is 18.2 Å². The number of anilines is 1. The Bertz CT molecular complexity index is 1520. The predicted molar refractivity (Wildman–Crippen MR) is 221 cm³/mol. The Morgan fingerprint density at radius 2 is 1.29 bits per heavy atom. The molecule has 0 aliphatic rings. The molecule has 0 unspecified atom stereocenters. The van der Waals surface area contributed by atoms with Crippen LogP contribution in [0.5, 0.6) is 0 Å². The van der Waals surface area contributed by atoms with Crippen LogP contribution in [0.15, 0.2) is 116 Å². The van der Waals surface area contributed by atoms with Crippen molar-refractivity contribution in [2.24, 2.45) is 0 Å². The minimum absolute atomic E-state index is 0.944. The van der Waals surface area contributed by atoms with E-state index >= 15 is 0 Å². The van der Waals surface area contributed by atoms with E-state index < -0.39 is 0 Å². The summed E-state index contributed by atoms with van der Waals surface area (Å²) in [6.07, 6.45) is 21.1. The first-order valence-electron chi connectivity index (χ1n) is 17.3. The molecule has 1 heterocycles. The minimum atomic E-state index is 0.944. The van der Waals surface area contributed by atoms with Crippen molar-refractivity contribution in [3.63, 3.8) is 0 Å². The largest absolute Gasteiger partial charge is 0.385 e. The molecule has 5 nitrogen and oxygen atoms in total. The molecule has 49 heavy (non-hydrogen) atoms. The Kier molecular flexibility index (Phi) is 17.0. The molecule has 1 aromatic heterocycles. The van der Waals surface area contributed by atoms with Gasteiger partial charge in [0.2, 0.25) is 0 Å². The number of rotatable bonds is 21. The summed E-state index contributed by atoms with van der Waals surface area (Å²) in [5, 5.41) is 3.48. The molecule has 0 fully saturated rings. The zero-order valence-corrected chi connectivity index (χ0v) is 32.6. The van der Waals surface area contributed by atoms with E-state index in [-0.39, 0.29) is 0 Å². The highest BCUT2D eigenvalue weighted by atomic mass is 33.1. The summed E-state index contributed by atoms with van der Waals surface area (Å²) in [5.41, 5.74) is 7.24. The van der Waals surface area contributed by atoms with Crippen molar-refractivity contribution < 1.29 is 13.5 Å². The molecule has 3 rings (SSSR count). The van der Waals surface area contributed by atoms with Crippen LogP contribution in [0.2, 0.25) is 0 Å². The van der Waals surface area contributed by atoms with Crippen LogP contribution in [-0.2, 0) is 6.54 Å². The molecule has 7 heteroatoms. The van der Waals surface area contributed by atoms with Gasteiger partial charge in [-0.15, -0.1) is 0 Å². The number of quaternary nitrogens is 2. The average molecular weight is 699 g/mol. The van der Waals surface area contributed by atoms with Gasteiger partial charge in [-0.2, -0.15) is 4.57 Å². The first-order chi connectivity index (χ1) is 23.4. The van der Waals surface area contributed by atoms with E-state index in [1.54, 1.807) is 0 Å². The van der Waals surface area contributed by atoms with Gasteiger partial charge in [-0.25, -0.2) is 0 Å². The van der Waals surface area contributed by atoms with Crippen molar-refractivity contribution in [2.75, 3.05) is 91.4 Å². The van der Waals surface area contributed by atoms with Gasteiger partial charge in [0, 0.05) is 31.9 Å². The quantitative estimate of drug-likeness (QED) is 0.0400.